The average molecular weight is 244 g/mol. The standard InChI is InChI=1S/C11H14ClNO3/c1-15-9-4-3-7(12)11(16-2)10(9)8(14)5-6-13/h3-4H,5-6,13H2,1-2H3. The maximum atomic E-state index is 11.9. The van der Waals surface area contributed by atoms with Crippen molar-refractivity contribution in [3.63, 3.8) is 0 Å². The number of halogens is 1. The molecule has 4 nitrogen and oxygen atoms in total. The van der Waals surface area contributed by atoms with Crippen molar-refractivity contribution in [3.8, 4) is 11.5 Å². The van der Waals surface area contributed by atoms with Crippen LogP contribution >= 0.6 is 11.6 Å². The molecule has 1 aromatic carbocycles. The van der Waals surface area contributed by atoms with E-state index in [0.29, 0.717) is 22.1 Å². The maximum absolute atomic E-state index is 11.9. The smallest absolute Gasteiger partial charge is 0.171 e. The van der Waals surface area contributed by atoms with Crippen LogP contribution in [0.4, 0.5) is 0 Å². The van der Waals surface area contributed by atoms with Crippen molar-refractivity contribution in [2.24, 2.45) is 5.73 Å². The van der Waals surface area contributed by atoms with Gasteiger partial charge in [0.15, 0.2) is 11.5 Å². The number of hydrogen-bond donors (Lipinski definition) is 1. The van der Waals surface area contributed by atoms with E-state index in [1.807, 2.05) is 0 Å². The van der Waals surface area contributed by atoms with Crippen LogP contribution in [0.15, 0.2) is 12.1 Å². The van der Waals surface area contributed by atoms with E-state index in [4.69, 9.17) is 26.8 Å². The van der Waals surface area contributed by atoms with Crippen molar-refractivity contribution in [2.45, 2.75) is 6.42 Å². The maximum Gasteiger partial charge on any atom is 0.171 e. The molecule has 0 saturated carbocycles. The lowest BCUT2D eigenvalue weighted by Crippen LogP contribution is -2.11. The number of ketones is 1. The molecule has 0 aromatic heterocycles. The summed E-state index contributed by atoms with van der Waals surface area (Å²) >= 11 is 5.94. The zero-order chi connectivity index (χ0) is 12.1. The first-order valence-corrected chi connectivity index (χ1v) is 5.17. The SMILES string of the molecule is COc1ccc(Cl)c(OC)c1C(=O)CCN. The Hall–Kier alpha value is -1.26. The Morgan fingerprint density at radius 2 is 2.06 bits per heavy atom. The number of carbonyl (C=O) groups is 1. The second-order valence-corrected chi connectivity index (χ2v) is 3.53. The van der Waals surface area contributed by atoms with Gasteiger partial charge in [-0.3, -0.25) is 4.79 Å². The molecule has 0 unspecified atom stereocenters. The van der Waals surface area contributed by atoms with E-state index < -0.39 is 0 Å². The van der Waals surface area contributed by atoms with Gasteiger partial charge in [-0.1, -0.05) is 11.6 Å². The van der Waals surface area contributed by atoms with E-state index >= 15 is 0 Å². The van der Waals surface area contributed by atoms with Crippen LogP contribution < -0.4 is 15.2 Å². The third kappa shape index (κ3) is 2.46. The molecule has 0 aliphatic heterocycles. The van der Waals surface area contributed by atoms with Crippen LogP contribution in [0.5, 0.6) is 11.5 Å². The highest BCUT2D eigenvalue weighted by Crippen LogP contribution is 2.35. The summed E-state index contributed by atoms with van der Waals surface area (Å²) in [6.45, 7) is 0.275. The molecule has 0 aliphatic carbocycles. The molecular formula is C11H14ClNO3. The molecule has 0 aliphatic rings. The van der Waals surface area contributed by atoms with Crippen molar-refractivity contribution in [1.82, 2.24) is 0 Å². The van der Waals surface area contributed by atoms with E-state index in [9.17, 15) is 4.79 Å². The molecule has 5 heteroatoms. The zero-order valence-corrected chi connectivity index (χ0v) is 10.0. The number of benzene rings is 1. The quantitative estimate of drug-likeness (QED) is 0.803. The summed E-state index contributed by atoms with van der Waals surface area (Å²) in [5.41, 5.74) is 5.70. The van der Waals surface area contributed by atoms with Crippen molar-refractivity contribution in [2.75, 3.05) is 20.8 Å². The lowest BCUT2D eigenvalue weighted by molar-refractivity contribution is 0.0979. The fourth-order valence-corrected chi connectivity index (χ4v) is 1.66. The number of rotatable bonds is 5. The van der Waals surface area contributed by atoms with Gasteiger partial charge in [0.05, 0.1) is 19.2 Å². The minimum Gasteiger partial charge on any atom is -0.496 e. The molecule has 2 N–H and O–H groups in total. The second-order valence-electron chi connectivity index (χ2n) is 3.12. The van der Waals surface area contributed by atoms with Gasteiger partial charge in [0, 0.05) is 6.42 Å². The Morgan fingerprint density at radius 3 is 2.56 bits per heavy atom. The fraction of sp³-hybridized carbons (Fsp3) is 0.364. The van der Waals surface area contributed by atoms with Gasteiger partial charge in [0.1, 0.15) is 11.3 Å². The third-order valence-corrected chi connectivity index (χ3v) is 2.44. The Morgan fingerprint density at radius 1 is 1.38 bits per heavy atom. The molecular weight excluding hydrogens is 230 g/mol. The third-order valence-electron chi connectivity index (χ3n) is 2.15. The largest absolute Gasteiger partial charge is 0.496 e. The highest BCUT2D eigenvalue weighted by atomic mass is 35.5. The Labute approximate surface area is 99.3 Å². The minimum absolute atomic E-state index is 0.140. The Bertz CT molecular complexity index is 393. The van der Waals surface area contributed by atoms with Crippen LogP contribution in [0.1, 0.15) is 16.8 Å². The molecule has 16 heavy (non-hydrogen) atoms. The van der Waals surface area contributed by atoms with E-state index in [1.54, 1.807) is 12.1 Å². The Kier molecular flexibility index (Phi) is 4.58. The van der Waals surface area contributed by atoms with E-state index in [0.717, 1.165) is 0 Å². The number of hydrogen-bond acceptors (Lipinski definition) is 4. The number of carbonyl (C=O) groups excluding carboxylic acids is 1. The molecule has 0 radical (unpaired) electrons. The molecule has 0 bridgehead atoms. The molecule has 0 spiro atoms. The van der Waals surface area contributed by atoms with Gasteiger partial charge in [-0.05, 0) is 18.7 Å². The van der Waals surface area contributed by atoms with Crippen molar-refractivity contribution in [1.29, 1.82) is 0 Å². The van der Waals surface area contributed by atoms with Crippen molar-refractivity contribution < 1.29 is 14.3 Å². The minimum atomic E-state index is -0.140. The predicted molar refractivity (Wildman–Crippen MR) is 62.6 cm³/mol. The molecule has 0 saturated heterocycles. The van der Waals surface area contributed by atoms with Gasteiger partial charge >= 0.3 is 0 Å². The average Bonchev–Trinajstić information content (AvgIpc) is 2.28. The number of Topliss-reactive ketones (excluding diaryl/α,β-unsaturated/α-hetero) is 1. The molecule has 1 rings (SSSR count). The molecule has 0 fully saturated rings. The summed E-state index contributed by atoms with van der Waals surface area (Å²) in [4.78, 5) is 11.9. The summed E-state index contributed by atoms with van der Waals surface area (Å²) < 4.78 is 10.2. The van der Waals surface area contributed by atoms with Crippen LogP contribution in [-0.2, 0) is 0 Å². The van der Waals surface area contributed by atoms with Gasteiger partial charge in [-0.25, -0.2) is 0 Å². The fourth-order valence-electron chi connectivity index (χ4n) is 1.43. The summed E-state index contributed by atoms with van der Waals surface area (Å²) in [6.07, 6.45) is 0.229. The normalized spacial score (nSPS) is 10.0. The van der Waals surface area contributed by atoms with Gasteiger partial charge in [0.25, 0.3) is 0 Å². The molecule has 0 atom stereocenters. The van der Waals surface area contributed by atoms with Crippen LogP contribution in [0.2, 0.25) is 5.02 Å². The first-order valence-electron chi connectivity index (χ1n) is 4.79. The van der Waals surface area contributed by atoms with E-state index in [-0.39, 0.29) is 18.7 Å². The molecule has 1 aromatic rings. The summed E-state index contributed by atoms with van der Waals surface area (Å²) in [5.74, 6) is 0.637. The van der Waals surface area contributed by atoms with E-state index in [2.05, 4.69) is 0 Å². The zero-order valence-electron chi connectivity index (χ0n) is 9.25. The number of methoxy groups -OCH3 is 2. The molecule has 0 amide bonds. The lowest BCUT2D eigenvalue weighted by atomic mass is 10.1. The lowest BCUT2D eigenvalue weighted by Gasteiger charge is -2.13. The van der Waals surface area contributed by atoms with Gasteiger partial charge in [0.2, 0.25) is 0 Å². The van der Waals surface area contributed by atoms with Crippen molar-refractivity contribution in [3.05, 3.63) is 22.7 Å². The highest BCUT2D eigenvalue weighted by molar-refractivity contribution is 6.32. The van der Waals surface area contributed by atoms with Gasteiger partial charge in [-0.15, -0.1) is 0 Å². The van der Waals surface area contributed by atoms with Crippen LogP contribution in [-0.4, -0.2) is 26.5 Å². The number of nitrogens with two attached hydrogens (primary N) is 1. The van der Waals surface area contributed by atoms with Gasteiger partial charge in [-0.2, -0.15) is 0 Å². The first-order chi connectivity index (χ1) is 7.65. The predicted octanol–water partition coefficient (Wildman–Crippen LogP) is 1.89. The van der Waals surface area contributed by atoms with E-state index in [1.165, 1.54) is 14.2 Å². The van der Waals surface area contributed by atoms with Crippen LogP contribution in [0.3, 0.4) is 0 Å². The first kappa shape index (κ1) is 12.8. The van der Waals surface area contributed by atoms with Gasteiger partial charge < -0.3 is 15.2 Å². The molecule has 88 valence electrons. The van der Waals surface area contributed by atoms with Crippen molar-refractivity contribution >= 4 is 17.4 Å². The molecule has 0 heterocycles. The van der Waals surface area contributed by atoms with Crippen LogP contribution in [0, 0.1) is 0 Å². The second kappa shape index (κ2) is 5.72. The summed E-state index contributed by atoms with van der Waals surface area (Å²) in [5, 5.41) is 0.378. The monoisotopic (exact) mass is 243 g/mol. The topological polar surface area (TPSA) is 61.5 Å². The summed E-state index contributed by atoms with van der Waals surface area (Å²) in [7, 11) is 2.95. The van der Waals surface area contributed by atoms with Crippen LogP contribution in [0.25, 0.3) is 0 Å². The Balaban J connectivity index is 3.30. The summed E-state index contributed by atoms with van der Waals surface area (Å²) in [6, 6.07) is 3.26. The highest BCUT2D eigenvalue weighted by Gasteiger charge is 2.20. The number of ether oxygens (including phenoxy) is 2.